The lowest BCUT2D eigenvalue weighted by Gasteiger charge is -2.01. The van der Waals surface area contributed by atoms with Gasteiger partial charge in [0.15, 0.2) is 0 Å². The molecule has 0 aliphatic carbocycles. The average Bonchev–Trinajstić information content (AvgIpc) is 2.69. The fourth-order valence-electron chi connectivity index (χ4n) is 1.44. The van der Waals surface area contributed by atoms with Crippen LogP contribution in [-0.4, -0.2) is 4.98 Å². The van der Waals surface area contributed by atoms with Crippen LogP contribution < -0.4 is 5.73 Å². The number of rotatable bonds is 4. The molecule has 0 amide bonds. The third-order valence-corrected chi connectivity index (χ3v) is 5.20. The second-order valence-electron chi connectivity index (χ2n) is 3.54. The van der Waals surface area contributed by atoms with Gasteiger partial charge in [-0.25, -0.2) is 4.98 Å². The van der Waals surface area contributed by atoms with Crippen molar-refractivity contribution in [1.82, 2.24) is 4.98 Å². The molecule has 0 fully saturated rings. The minimum Gasteiger partial charge on any atom is -0.326 e. The summed E-state index contributed by atoms with van der Waals surface area (Å²) in [4.78, 5) is 6.76. The highest BCUT2D eigenvalue weighted by atomic mass is 35.5. The zero-order valence-electron chi connectivity index (χ0n) is 9.44. The van der Waals surface area contributed by atoms with Crippen LogP contribution in [-0.2, 0) is 12.3 Å². The SMILES string of the molecule is Cc1nc(CSc2ccccc2Cl)sc1CN. The molecule has 1 heterocycles. The second-order valence-corrected chi connectivity index (χ2v) is 6.13. The van der Waals surface area contributed by atoms with Gasteiger partial charge in [-0.05, 0) is 19.1 Å². The van der Waals surface area contributed by atoms with Crippen LogP contribution in [0.1, 0.15) is 15.6 Å². The average molecular weight is 285 g/mol. The van der Waals surface area contributed by atoms with Crippen molar-refractivity contribution in [3.05, 3.63) is 44.9 Å². The largest absolute Gasteiger partial charge is 0.326 e. The third kappa shape index (κ3) is 3.22. The van der Waals surface area contributed by atoms with Crippen LogP contribution in [0.5, 0.6) is 0 Å². The van der Waals surface area contributed by atoms with E-state index >= 15 is 0 Å². The van der Waals surface area contributed by atoms with Crippen molar-refractivity contribution < 1.29 is 0 Å². The molecule has 5 heteroatoms. The summed E-state index contributed by atoms with van der Waals surface area (Å²) < 4.78 is 0. The Morgan fingerprint density at radius 1 is 1.41 bits per heavy atom. The van der Waals surface area contributed by atoms with Gasteiger partial charge in [-0.1, -0.05) is 23.7 Å². The summed E-state index contributed by atoms with van der Waals surface area (Å²) >= 11 is 9.49. The number of nitrogens with zero attached hydrogens (tertiary/aromatic N) is 1. The van der Waals surface area contributed by atoms with E-state index in [-0.39, 0.29) is 0 Å². The van der Waals surface area contributed by atoms with Crippen LogP contribution in [0.2, 0.25) is 5.02 Å². The number of hydrogen-bond donors (Lipinski definition) is 1. The van der Waals surface area contributed by atoms with Crippen LogP contribution in [0, 0.1) is 6.92 Å². The topological polar surface area (TPSA) is 38.9 Å². The van der Waals surface area contributed by atoms with Gasteiger partial charge in [0.05, 0.1) is 16.5 Å². The van der Waals surface area contributed by atoms with Crippen LogP contribution in [0.25, 0.3) is 0 Å². The van der Waals surface area contributed by atoms with E-state index in [1.54, 1.807) is 23.1 Å². The van der Waals surface area contributed by atoms with Crippen molar-refractivity contribution in [3.63, 3.8) is 0 Å². The normalized spacial score (nSPS) is 10.8. The van der Waals surface area contributed by atoms with Gasteiger partial charge >= 0.3 is 0 Å². The molecule has 1 aromatic carbocycles. The van der Waals surface area contributed by atoms with Crippen molar-refractivity contribution in [2.45, 2.75) is 24.1 Å². The molecule has 0 aliphatic heterocycles. The lowest BCUT2D eigenvalue weighted by Crippen LogP contribution is -1.94. The second kappa shape index (κ2) is 5.87. The summed E-state index contributed by atoms with van der Waals surface area (Å²) in [6, 6.07) is 7.86. The van der Waals surface area contributed by atoms with E-state index in [4.69, 9.17) is 17.3 Å². The molecule has 17 heavy (non-hydrogen) atoms. The van der Waals surface area contributed by atoms with E-state index < -0.39 is 0 Å². The number of thiazole rings is 1. The summed E-state index contributed by atoms with van der Waals surface area (Å²) in [5, 5.41) is 1.90. The molecule has 0 bridgehead atoms. The summed E-state index contributed by atoms with van der Waals surface area (Å²) in [6.45, 7) is 2.57. The molecule has 0 radical (unpaired) electrons. The van der Waals surface area contributed by atoms with E-state index in [0.717, 1.165) is 26.4 Å². The summed E-state index contributed by atoms with van der Waals surface area (Å²) in [5.41, 5.74) is 6.69. The van der Waals surface area contributed by atoms with Crippen LogP contribution in [0.15, 0.2) is 29.2 Å². The molecule has 90 valence electrons. The Balaban J connectivity index is 2.05. The van der Waals surface area contributed by atoms with E-state index in [0.29, 0.717) is 6.54 Å². The molecule has 0 saturated heterocycles. The number of halogens is 1. The highest BCUT2D eigenvalue weighted by Crippen LogP contribution is 2.31. The first-order valence-electron chi connectivity index (χ1n) is 5.23. The Labute approximate surface area is 114 Å². The summed E-state index contributed by atoms with van der Waals surface area (Å²) in [6.07, 6.45) is 0. The highest BCUT2D eigenvalue weighted by molar-refractivity contribution is 7.98. The van der Waals surface area contributed by atoms with Gasteiger partial charge in [0.2, 0.25) is 0 Å². The number of aromatic nitrogens is 1. The number of aryl methyl sites for hydroxylation is 1. The number of benzene rings is 1. The molecule has 0 saturated carbocycles. The van der Waals surface area contributed by atoms with Gasteiger partial charge in [0, 0.05) is 16.3 Å². The van der Waals surface area contributed by atoms with Crippen molar-refractivity contribution >= 4 is 34.7 Å². The minimum atomic E-state index is 0.570. The lowest BCUT2D eigenvalue weighted by molar-refractivity contribution is 1.05. The molecule has 2 N–H and O–H groups in total. The maximum absolute atomic E-state index is 6.10. The minimum absolute atomic E-state index is 0.570. The third-order valence-electron chi connectivity index (χ3n) is 2.31. The van der Waals surface area contributed by atoms with Gasteiger partial charge in [0.25, 0.3) is 0 Å². The standard InChI is InChI=1S/C12H13ClN2S2/c1-8-11(6-14)17-12(15-8)7-16-10-5-3-2-4-9(10)13/h2-5H,6-7,14H2,1H3. The summed E-state index contributed by atoms with van der Waals surface area (Å²) in [5.74, 6) is 0.842. The molecule has 2 aromatic rings. The Morgan fingerprint density at radius 2 is 2.18 bits per heavy atom. The molecule has 0 unspecified atom stereocenters. The van der Waals surface area contributed by atoms with Gasteiger partial charge < -0.3 is 5.73 Å². The van der Waals surface area contributed by atoms with Crippen LogP contribution in [0.3, 0.4) is 0 Å². The van der Waals surface area contributed by atoms with Crippen molar-refractivity contribution in [2.24, 2.45) is 5.73 Å². The van der Waals surface area contributed by atoms with Crippen LogP contribution in [0.4, 0.5) is 0 Å². The monoisotopic (exact) mass is 284 g/mol. The maximum atomic E-state index is 6.10. The van der Waals surface area contributed by atoms with Gasteiger partial charge in [-0.3, -0.25) is 0 Å². The zero-order valence-corrected chi connectivity index (χ0v) is 11.8. The highest BCUT2D eigenvalue weighted by Gasteiger charge is 2.07. The van der Waals surface area contributed by atoms with E-state index in [9.17, 15) is 0 Å². The zero-order chi connectivity index (χ0) is 12.3. The molecular weight excluding hydrogens is 272 g/mol. The smallest absolute Gasteiger partial charge is 0.103 e. The van der Waals surface area contributed by atoms with Gasteiger partial charge in [-0.2, -0.15) is 0 Å². The van der Waals surface area contributed by atoms with Gasteiger partial charge in [0.1, 0.15) is 5.01 Å². The van der Waals surface area contributed by atoms with Crippen LogP contribution >= 0.6 is 34.7 Å². The molecule has 1 aromatic heterocycles. The Hall–Kier alpha value is -0.550. The first kappa shape index (κ1) is 12.9. The van der Waals surface area contributed by atoms with Crippen molar-refractivity contribution in [2.75, 3.05) is 0 Å². The molecule has 0 atom stereocenters. The van der Waals surface area contributed by atoms with Gasteiger partial charge in [-0.15, -0.1) is 23.1 Å². The maximum Gasteiger partial charge on any atom is 0.103 e. The Bertz CT molecular complexity index is 511. The van der Waals surface area contributed by atoms with Crippen molar-refractivity contribution in [1.29, 1.82) is 0 Å². The van der Waals surface area contributed by atoms with E-state index in [2.05, 4.69) is 4.98 Å². The molecule has 0 aliphatic rings. The Morgan fingerprint density at radius 3 is 2.82 bits per heavy atom. The molecule has 0 spiro atoms. The number of thioether (sulfide) groups is 1. The molecule has 2 nitrogen and oxygen atoms in total. The summed E-state index contributed by atoms with van der Waals surface area (Å²) in [7, 11) is 0. The number of nitrogens with two attached hydrogens (primary N) is 1. The first-order valence-corrected chi connectivity index (χ1v) is 7.41. The fourth-order valence-corrected chi connectivity index (χ4v) is 3.62. The predicted octanol–water partition coefficient (Wildman–Crippen LogP) is 3.86. The fraction of sp³-hybridized carbons (Fsp3) is 0.250. The number of hydrogen-bond acceptors (Lipinski definition) is 4. The van der Waals surface area contributed by atoms with Crippen molar-refractivity contribution in [3.8, 4) is 0 Å². The molecule has 2 rings (SSSR count). The van der Waals surface area contributed by atoms with E-state index in [1.807, 2.05) is 31.2 Å². The lowest BCUT2D eigenvalue weighted by atomic mass is 10.4. The molecular formula is C12H13ClN2S2. The van der Waals surface area contributed by atoms with E-state index in [1.165, 1.54) is 4.88 Å². The quantitative estimate of drug-likeness (QED) is 0.867. The predicted molar refractivity (Wildman–Crippen MR) is 75.8 cm³/mol. The first-order chi connectivity index (χ1) is 8.20. The Kier molecular flexibility index (Phi) is 4.45.